The predicted octanol–water partition coefficient (Wildman–Crippen LogP) is 4.82. The molecule has 0 bridgehead atoms. The molecule has 3 nitrogen and oxygen atoms in total. The molecule has 23 heavy (non-hydrogen) atoms. The zero-order chi connectivity index (χ0) is 16.2. The second-order valence-electron chi connectivity index (χ2n) is 5.59. The van der Waals surface area contributed by atoms with Gasteiger partial charge in [0.25, 0.3) is 0 Å². The molecular weight excluding hydrogens is 284 g/mol. The average Bonchev–Trinajstić information content (AvgIpc) is 2.59. The molecule has 0 amide bonds. The summed E-state index contributed by atoms with van der Waals surface area (Å²) in [5.74, 6) is 0.182. The Labute approximate surface area is 135 Å². The number of nitriles is 1. The molecule has 1 aromatic heterocycles. The number of aromatic nitrogens is 1. The molecule has 0 saturated heterocycles. The quantitative estimate of drug-likeness (QED) is 0.751. The van der Waals surface area contributed by atoms with E-state index in [1.54, 1.807) is 12.1 Å². The maximum Gasteiger partial charge on any atom is 0.116 e. The van der Waals surface area contributed by atoms with Gasteiger partial charge in [0.15, 0.2) is 0 Å². The molecule has 114 valence electrons. The van der Waals surface area contributed by atoms with Crippen molar-refractivity contribution in [2.75, 3.05) is 0 Å². The van der Waals surface area contributed by atoms with Crippen LogP contribution in [0.2, 0.25) is 0 Å². The summed E-state index contributed by atoms with van der Waals surface area (Å²) in [5.41, 5.74) is 4.10. The smallest absolute Gasteiger partial charge is 0.116 e. The van der Waals surface area contributed by atoms with Crippen molar-refractivity contribution in [3.63, 3.8) is 0 Å². The summed E-state index contributed by atoms with van der Waals surface area (Å²) in [6, 6.07) is 17.3. The van der Waals surface area contributed by atoms with Crippen LogP contribution in [0.3, 0.4) is 0 Å². The van der Waals surface area contributed by atoms with Crippen molar-refractivity contribution in [3.05, 3.63) is 59.8 Å². The molecule has 0 atom stereocenters. The van der Waals surface area contributed by atoms with Crippen molar-refractivity contribution in [2.24, 2.45) is 0 Å². The molecule has 0 unspecified atom stereocenters. The Kier molecular flexibility index (Phi) is 4.25. The van der Waals surface area contributed by atoms with Crippen LogP contribution in [0.5, 0.6) is 5.75 Å². The maximum atomic E-state index is 9.87. The molecule has 3 rings (SSSR count). The normalized spacial score (nSPS) is 10.6. The third-order valence-electron chi connectivity index (χ3n) is 3.98. The van der Waals surface area contributed by atoms with Crippen LogP contribution in [-0.2, 0) is 6.42 Å². The summed E-state index contributed by atoms with van der Waals surface area (Å²) < 4.78 is 0. The minimum absolute atomic E-state index is 0.182. The van der Waals surface area contributed by atoms with Gasteiger partial charge in [-0.2, -0.15) is 5.26 Å². The Morgan fingerprint density at radius 1 is 1.13 bits per heavy atom. The fourth-order valence-electron chi connectivity index (χ4n) is 2.85. The van der Waals surface area contributed by atoms with E-state index >= 15 is 0 Å². The number of phenolic OH excluding ortho intramolecular Hbond substituents is 1. The van der Waals surface area contributed by atoms with Gasteiger partial charge in [-0.05, 0) is 36.6 Å². The first-order valence-electron chi connectivity index (χ1n) is 7.85. The Morgan fingerprint density at radius 3 is 2.61 bits per heavy atom. The lowest BCUT2D eigenvalue weighted by Gasteiger charge is -2.13. The molecular formula is C20H18N2O. The van der Waals surface area contributed by atoms with Crippen LogP contribution in [0, 0.1) is 11.3 Å². The standard InChI is InChI=1S/C20H18N2O/c1-2-3-9-18-17(13-21)20(14-7-5-4-6-8-14)16-12-15(23)10-11-19(16)22-18/h4-8,10-12,23H,2-3,9H2,1H3. The number of aryl methyl sites for hydroxylation is 1. The largest absolute Gasteiger partial charge is 0.508 e. The second-order valence-corrected chi connectivity index (χ2v) is 5.59. The molecule has 3 aromatic rings. The minimum Gasteiger partial charge on any atom is -0.508 e. The van der Waals surface area contributed by atoms with Gasteiger partial charge in [0.05, 0.1) is 16.8 Å². The van der Waals surface area contributed by atoms with E-state index in [4.69, 9.17) is 0 Å². The van der Waals surface area contributed by atoms with E-state index in [1.165, 1.54) is 0 Å². The summed E-state index contributed by atoms with van der Waals surface area (Å²) in [7, 11) is 0. The van der Waals surface area contributed by atoms with E-state index in [2.05, 4.69) is 18.0 Å². The maximum absolute atomic E-state index is 9.87. The van der Waals surface area contributed by atoms with Crippen LogP contribution in [-0.4, -0.2) is 10.1 Å². The number of hydrogen-bond acceptors (Lipinski definition) is 3. The molecule has 1 N–H and O–H groups in total. The first-order valence-corrected chi connectivity index (χ1v) is 7.85. The van der Waals surface area contributed by atoms with Gasteiger partial charge in [0, 0.05) is 10.9 Å². The van der Waals surface area contributed by atoms with Crippen molar-refractivity contribution in [1.82, 2.24) is 4.98 Å². The number of phenols is 1. The van der Waals surface area contributed by atoms with Crippen molar-refractivity contribution >= 4 is 10.9 Å². The molecule has 1 heterocycles. The van der Waals surface area contributed by atoms with Crippen molar-refractivity contribution in [2.45, 2.75) is 26.2 Å². The van der Waals surface area contributed by atoms with E-state index in [0.29, 0.717) is 5.56 Å². The monoisotopic (exact) mass is 302 g/mol. The van der Waals surface area contributed by atoms with Crippen LogP contribution >= 0.6 is 0 Å². The van der Waals surface area contributed by atoms with Crippen LogP contribution in [0.25, 0.3) is 22.0 Å². The van der Waals surface area contributed by atoms with Gasteiger partial charge in [-0.3, -0.25) is 4.98 Å². The van der Waals surface area contributed by atoms with Crippen molar-refractivity contribution < 1.29 is 5.11 Å². The van der Waals surface area contributed by atoms with Gasteiger partial charge < -0.3 is 5.11 Å². The van der Waals surface area contributed by atoms with Gasteiger partial charge in [-0.25, -0.2) is 0 Å². The third kappa shape index (κ3) is 2.89. The first-order chi connectivity index (χ1) is 11.2. The molecule has 2 aromatic carbocycles. The summed E-state index contributed by atoms with van der Waals surface area (Å²) >= 11 is 0. The molecule has 0 aliphatic carbocycles. The molecule has 0 spiro atoms. The number of nitrogens with zero attached hydrogens (tertiary/aromatic N) is 2. The third-order valence-corrected chi connectivity index (χ3v) is 3.98. The molecule has 0 radical (unpaired) electrons. The second kappa shape index (κ2) is 6.50. The molecule has 0 aliphatic rings. The number of aromatic hydroxyl groups is 1. The number of benzene rings is 2. The van der Waals surface area contributed by atoms with Crippen LogP contribution in [0.15, 0.2) is 48.5 Å². The van der Waals surface area contributed by atoms with Gasteiger partial charge in [0.1, 0.15) is 11.8 Å². The summed E-state index contributed by atoms with van der Waals surface area (Å²) in [4.78, 5) is 4.68. The summed E-state index contributed by atoms with van der Waals surface area (Å²) in [5, 5.41) is 20.4. The van der Waals surface area contributed by atoms with Crippen molar-refractivity contribution in [1.29, 1.82) is 5.26 Å². The Balaban J connectivity index is 2.36. The number of hydrogen-bond donors (Lipinski definition) is 1. The van der Waals surface area contributed by atoms with E-state index in [0.717, 1.165) is 47.0 Å². The van der Waals surface area contributed by atoms with E-state index in [9.17, 15) is 10.4 Å². The van der Waals surface area contributed by atoms with Crippen LogP contribution in [0.1, 0.15) is 31.0 Å². The molecule has 0 saturated carbocycles. The number of pyridine rings is 1. The van der Waals surface area contributed by atoms with Crippen molar-refractivity contribution in [3.8, 4) is 22.9 Å². The van der Waals surface area contributed by atoms with E-state index < -0.39 is 0 Å². The zero-order valence-corrected chi connectivity index (χ0v) is 13.1. The number of unbranched alkanes of at least 4 members (excludes halogenated alkanes) is 1. The molecule has 0 fully saturated rings. The Morgan fingerprint density at radius 2 is 1.91 bits per heavy atom. The highest BCUT2D eigenvalue weighted by atomic mass is 16.3. The summed E-state index contributed by atoms with van der Waals surface area (Å²) in [6.45, 7) is 2.13. The van der Waals surface area contributed by atoms with E-state index in [1.807, 2.05) is 36.4 Å². The van der Waals surface area contributed by atoms with Gasteiger partial charge in [0.2, 0.25) is 0 Å². The summed E-state index contributed by atoms with van der Waals surface area (Å²) in [6.07, 6.45) is 2.84. The fourth-order valence-corrected chi connectivity index (χ4v) is 2.85. The topological polar surface area (TPSA) is 56.9 Å². The van der Waals surface area contributed by atoms with Crippen LogP contribution in [0.4, 0.5) is 0 Å². The number of rotatable bonds is 4. The highest BCUT2D eigenvalue weighted by molar-refractivity contribution is 5.98. The lowest BCUT2D eigenvalue weighted by molar-refractivity contribution is 0.476. The lowest BCUT2D eigenvalue weighted by atomic mass is 9.93. The number of fused-ring (bicyclic) bond motifs is 1. The lowest BCUT2D eigenvalue weighted by Crippen LogP contribution is -2.00. The predicted molar refractivity (Wildman–Crippen MR) is 92.2 cm³/mol. The Hall–Kier alpha value is -2.86. The van der Waals surface area contributed by atoms with E-state index in [-0.39, 0.29) is 5.75 Å². The molecule has 3 heteroatoms. The van der Waals surface area contributed by atoms with Gasteiger partial charge in [-0.15, -0.1) is 0 Å². The zero-order valence-electron chi connectivity index (χ0n) is 13.1. The van der Waals surface area contributed by atoms with Gasteiger partial charge >= 0.3 is 0 Å². The minimum atomic E-state index is 0.182. The SMILES string of the molecule is CCCCc1nc2ccc(O)cc2c(-c2ccccc2)c1C#N. The fraction of sp³-hybridized carbons (Fsp3) is 0.200. The van der Waals surface area contributed by atoms with Gasteiger partial charge in [-0.1, -0.05) is 43.7 Å². The molecule has 0 aliphatic heterocycles. The van der Waals surface area contributed by atoms with Crippen LogP contribution < -0.4 is 0 Å². The Bertz CT molecular complexity index is 880. The first kappa shape index (κ1) is 15.1. The average molecular weight is 302 g/mol. The highest BCUT2D eigenvalue weighted by Crippen LogP contribution is 2.34. The highest BCUT2D eigenvalue weighted by Gasteiger charge is 2.16.